The Morgan fingerprint density at radius 3 is 2.42 bits per heavy atom. The third-order valence-corrected chi connectivity index (χ3v) is 5.47. The van der Waals surface area contributed by atoms with Gasteiger partial charge in [0.1, 0.15) is 17.3 Å². The molecule has 174 valence electrons. The molecule has 0 radical (unpaired) electrons. The molecule has 3 aromatic rings. The molecule has 0 spiro atoms. The molecule has 33 heavy (non-hydrogen) atoms. The first kappa shape index (κ1) is 24.2. The van der Waals surface area contributed by atoms with Crippen molar-refractivity contribution in [3.63, 3.8) is 0 Å². The van der Waals surface area contributed by atoms with Gasteiger partial charge in [0.2, 0.25) is 0 Å². The van der Waals surface area contributed by atoms with Crippen LogP contribution in [-0.2, 0) is 12.8 Å². The minimum absolute atomic E-state index is 0.00182. The maximum Gasteiger partial charge on any atom is 0.194 e. The molecule has 5 nitrogen and oxygen atoms in total. The van der Waals surface area contributed by atoms with Gasteiger partial charge in [-0.2, -0.15) is 0 Å². The highest BCUT2D eigenvalue weighted by atomic mass is 19.1. The summed E-state index contributed by atoms with van der Waals surface area (Å²) < 4.78 is 34.2. The molecule has 0 aliphatic carbocycles. The number of hydrogen-bond donors (Lipinski definition) is 2. The van der Waals surface area contributed by atoms with E-state index < -0.39 is 11.6 Å². The predicted molar refractivity (Wildman–Crippen MR) is 127 cm³/mol. The molecule has 1 aromatic carbocycles. The first-order chi connectivity index (χ1) is 15.8. The van der Waals surface area contributed by atoms with E-state index in [4.69, 9.17) is 15.9 Å². The largest absolute Gasteiger partial charge is 0.439 e. The zero-order chi connectivity index (χ0) is 24.0. The molecule has 3 rings (SSSR count). The summed E-state index contributed by atoms with van der Waals surface area (Å²) in [4.78, 5) is 8.89. The van der Waals surface area contributed by atoms with Crippen molar-refractivity contribution in [1.82, 2.24) is 9.97 Å². The number of pyridine rings is 1. The van der Waals surface area contributed by atoms with Crippen LogP contribution < -0.4 is 11.5 Å². The van der Waals surface area contributed by atoms with Crippen LogP contribution in [0.1, 0.15) is 50.8 Å². The monoisotopic (exact) mass is 452 g/mol. The topological polar surface area (TPSA) is 91.0 Å². The van der Waals surface area contributed by atoms with E-state index in [1.807, 2.05) is 32.0 Å². The average Bonchev–Trinajstić information content (AvgIpc) is 3.27. The molecular formula is C26H30F2N4O. The molecular weight excluding hydrogens is 422 g/mol. The van der Waals surface area contributed by atoms with Gasteiger partial charge < -0.3 is 15.9 Å². The van der Waals surface area contributed by atoms with E-state index in [0.29, 0.717) is 35.9 Å². The minimum atomic E-state index is -0.710. The summed E-state index contributed by atoms with van der Waals surface area (Å²) in [6, 6.07) is 9.28. The predicted octanol–water partition coefficient (Wildman–Crippen LogP) is 5.77. The van der Waals surface area contributed by atoms with Crippen LogP contribution in [0.15, 0.2) is 64.4 Å². The summed E-state index contributed by atoms with van der Waals surface area (Å²) in [7, 11) is 0. The van der Waals surface area contributed by atoms with E-state index in [9.17, 15) is 8.78 Å². The van der Waals surface area contributed by atoms with Crippen molar-refractivity contribution >= 4 is 5.70 Å². The summed E-state index contributed by atoms with van der Waals surface area (Å²) in [6.07, 6.45) is 6.08. The van der Waals surface area contributed by atoms with Crippen LogP contribution in [0.5, 0.6) is 0 Å². The average molecular weight is 453 g/mol. The van der Waals surface area contributed by atoms with Gasteiger partial charge in [-0.05, 0) is 48.3 Å². The summed E-state index contributed by atoms with van der Waals surface area (Å²) in [6.45, 7) is 6.06. The Balaban J connectivity index is 1.97. The Morgan fingerprint density at radius 1 is 1.09 bits per heavy atom. The van der Waals surface area contributed by atoms with Crippen LogP contribution in [0, 0.1) is 17.6 Å². The maximum atomic E-state index is 14.2. The molecule has 0 bridgehead atoms. The fraction of sp³-hybridized carbons (Fsp3) is 0.308. The highest BCUT2D eigenvalue weighted by molar-refractivity contribution is 5.67. The number of oxazole rings is 1. The number of halogens is 2. The van der Waals surface area contributed by atoms with Gasteiger partial charge in [0.25, 0.3) is 0 Å². The van der Waals surface area contributed by atoms with E-state index >= 15 is 0 Å². The molecule has 2 heterocycles. The van der Waals surface area contributed by atoms with Crippen LogP contribution in [0.2, 0.25) is 0 Å². The highest BCUT2D eigenvalue weighted by Gasteiger charge is 2.16. The molecule has 1 atom stereocenters. The van der Waals surface area contributed by atoms with E-state index in [1.165, 1.54) is 18.2 Å². The van der Waals surface area contributed by atoms with Gasteiger partial charge in [0.15, 0.2) is 11.7 Å². The SMILES string of the molecule is CCCC(C)C(/C=C(\N)c1c(F)cccc1F)=C(/N)Cc1cccc(-c2cnc(CC)o2)n1. The third kappa shape index (κ3) is 5.86. The molecule has 2 aromatic heterocycles. The van der Waals surface area contributed by atoms with Gasteiger partial charge in [-0.1, -0.05) is 39.3 Å². The molecule has 4 N–H and O–H groups in total. The number of nitrogens with zero attached hydrogens (tertiary/aromatic N) is 2. The number of rotatable bonds is 9. The van der Waals surface area contributed by atoms with E-state index in [1.54, 1.807) is 12.3 Å². The fourth-order valence-electron chi connectivity index (χ4n) is 3.76. The van der Waals surface area contributed by atoms with Crippen LogP contribution in [0.3, 0.4) is 0 Å². The van der Waals surface area contributed by atoms with Gasteiger partial charge in [-0.3, -0.25) is 0 Å². The van der Waals surface area contributed by atoms with Gasteiger partial charge in [0.05, 0.1) is 11.8 Å². The zero-order valence-electron chi connectivity index (χ0n) is 19.2. The van der Waals surface area contributed by atoms with Gasteiger partial charge in [0, 0.05) is 29.9 Å². The Kier molecular flexibility index (Phi) is 7.98. The van der Waals surface area contributed by atoms with Crippen LogP contribution >= 0.6 is 0 Å². The molecule has 7 heteroatoms. The molecule has 1 unspecified atom stereocenters. The van der Waals surface area contributed by atoms with Crippen molar-refractivity contribution in [3.8, 4) is 11.5 Å². The molecule has 0 amide bonds. The fourth-order valence-corrected chi connectivity index (χ4v) is 3.76. The lowest BCUT2D eigenvalue weighted by molar-refractivity contribution is 0.512. The Hall–Kier alpha value is -3.48. The summed E-state index contributed by atoms with van der Waals surface area (Å²) in [5.41, 5.74) is 15.1. The van der Waals surface area contributed by atoms with Crippen molar-refractivity contribution in [1.29, 1.82) is 0 Å². The Morgan fingerprint density at radius 2 is 1.79 bits per heavy atom. The minimum Gasteiger partial charge on any atom is -0.439 e. The van der Waals surface area contributed by atoms with Crippen molar-refractivity contribution in [3.05, 3.63) is 88.7 Å². The Bertz CT molecular complexity index is 1150. The molecule has 0 fully saturated rings. The van der Waals surface area contributed by atoms with Crippen LogP contribution in [-0.4, -0.2) is 9.97 Å². The van der Waals surface area contributed by atoms with Crippen molar-refractivity contribution in [2.24, 2.45) is 17.4 Å². The number of allylic oxidation sites excluding steroid dienone is 3. The van der Waals surface area contributed by atoms with Crippen LogP contribution in [0.4, 0.5) is 8.78 Å². The molecule has 0 saturated carbocycles. The number of nitrogens with two attached hydrogens (primary N) is 2. The lowest BCUT2D eigenvalue weighted by Gasteiger charge is -2.17. The normalized spacial score (nSPS) is 13.7. The van der Waals surface area contributed by atoms with Gasteiger partial charge in [-0.15, -0.1) is 0 Å². The van der Waals surface area contributed by atoms with Crippen molar-refractivity contribution < 1.29 is 13.2 Å². The number of benzene rings is 1. The van der Waals surface area contributed by atoms with Crippen LogP contribution in [0.25, 0.3) is 17.2 Å². The zero-order valence-corrected chi connectivity index (χ0v) is 19.2. The maximum absolute atomic E-state index is 14.2. The smallest absolute Gasteiger partial charge is 0.194 e. The highest BCUT2D eigenvalue weighted by Crippen LogP contribution is 2.27. The first-order valence-corrected chi connectivity index (χ1v) is 11.1. The van der Waals surface area contributed by atoms with Crippen molar-refractivity contribution in [2.45, 2.75) is 46.5 Å². The standard InChI is InChI=1S/C26H30F2N4O/c1-4-8-16(3)18(14-22(30)26-19(27)10-7-11-20(26)28)21(29)13-17-9-6-12-23(32-17)24-15-31-25(5-2)33-24/h6-7,9-12,14-16H,4-5,8,13,29-30H2,1-3H3/b21-18+,22-14-. The first-order valence-electron chi connectivity index (χ1n) is 11.1. The van der Waals surface area contributed by atoms with E-state index in [2.05, 4.69) is 16.9 Å². The quantitative estimate of drug-likeness (QED) is 0.402. The van der Waals surface area contributed by atoms with Crippen molar-refractivity contribution in [2.75, 3.05) is 0 Å². The molecule has 0 aliphatic heterocycles. The van der Waals surface area contributed by atoms with E-state index in [0.717, 1.165) is 24.1 Å². The Labute approximate surface area is 193 Å². The third-order valence-electron chi connectivity index (χ3n) is 5.47. The lowest BCUT2D eigenvalue weighted by Crippen LogP contribution is -2.13. The van der Waals surface area contributed by atoms with Gasteiger partial charge in [-0.25, -0.2) is 18.7 Å². The summed E-state index contributed by atoms with van der Waals surface area (Å²) in [5.74, 6) is -0.133. The number of aryl methyl sites for hydroxylation is 1. The summed E-state index contributed by atoms with van der Waals surface area (Å²) >= 11 is 0. The second kappa shape index (κ2) is 10.9. The number of aromatic nitrogens is 2. The molecule has 0 saturated heterocycles. The second-order valence-corrected chi connectivity index (χ2v) is 8.03. The second-order valence-electron chi connectivity index (χ2n) is 8.03. The number of hydrogen-bond acceptors (Lipinski definition) is 5. The molecule has 0 aliphatic rings. The van der Waals surface area contributed by atoms with Gasteiger partial charge >= 0.3 is 0 Å². The summed E-state index contributed by atoms with van der Waals surface area (Å²) in [5, 5.41) is 0. The van der Waals surface area contributed by atoms with E-state index in [-0.39, 0.29) is 17.2 Å². The lowest BCUT2D eigenvalue weighted by atomic mass is 9.91.